The molecule has 3 heterocycles. The van der Waals surface area contributed by atoms with Gasteiger partial charge in [0.15, 0.2) is 5.69 Å². The Bertz CT molecular complexity index is 1090. The lowest BCUT2D eigenvalue weighted by molar-refractivity contribution is -0.142. The van der Waals surface area contributed by atoms with Crippen LogP contribution >= 0.6 is 0 Å². The molecule has 1 N–H and O–H groups in total. The summed E-state index contributed by atoms with van der Waals surface area (Å²) in [6.07, 6.45) is -0.954. The lowest BCUT2D eigenvalue weighted by Gasteiger charge is -2.45. The van der Waals surface area contributed by atoms with Crippen molar-refractivity contribution in [1.82, 2.24) is 19.4 Å². The molecule has 3 aliphatic rings. The first kappa shape index (κ1) is 21.1. The zero-order chi connectivity index (χ0) is 22.8. The summed E-state index contributed by atoms with van der Waals surface area (Å²) < 4.78 is 42.2. The van der Waals surface area contributed by atoms with E-state index in [-0.39, 0.29) is 41.3 Å². The minimum atomic E-state index is -4.61. The van der Waals surface area contributed by atoms with Crippen LogP contribution in [0, 0.1) is 5.92 Å². The van der Waals surface area contributed by atoms with Gasteiger partial charge >= 0.3 is 6.18 Å². The van der Waals surface area contributed by atoms with E-state index in [2.05, 4.69) is 17.3 Å². The van der Waals surface area contributed by atoms with Crippen LogP contribution in [0.25, 0.3) is 5.52 Å². The molecule has 1 saturated heterocycles. The molecule has 0 atom stereocenters. The number of nitrogens with one attached hydrogen (secondary N) is 1. The van der Waals surface area contributed by atoms with E-state index >= 15 is 0 Å². The fourth-order valence-corrected chi connectivity index (χ4v) is 4.93. The van der Waals surface area contributed by atoms with E-state index in [0.717, 1.165) is 36.3 Å². The molecule has 5 rings (SSSR count). The van der Waals surface area contributed by atoms with E-state index in [9.17, 15) is 22.8 Å². The Hall–Kier alpha value is -2.78. The highest BCUT2D eigenvalue weighted by Gasteiger charge is 2.40. The average Bonchev–Trinajstić information content (AvgIpc) is 3.50. The summed E-state index contributed by atoms with van der Waals surface area (Å²) in [5.74, 6) is 0.0594. The van der Waals surface area contributed by atoms with E-state index in [4.69, 9.17) is 0 Å². The number of nitrogens with zero attached hydrogens (tertiary/aromatic N) is 4. The predicted molar refractivity (Wildman–Crippen MR) is 112 cm³/mol. The molecule has 0 unspecified atom stereocenters. The van der Waals surface area contributed by atoms with E-state index in [1.54, 1.807) is 13.1 Å². The molecule has 10 heteroatoms. The first-order valence-corrected chi connectivity index (χ1v) is 11.1. The van der Waals surface area contributed by atoms with E-state index in [1.807, 2.05) is 4.90 Å². The number of hydrogen-bond acceptors (Lipinski definition) is 4. The molecular formula is C22H26F3N5O2. The summed E-state index contributed by atoms with van der Waals surface area (Å²) >= 11 is 0. The van der Waals surface area contributed by atoms with Crippen LogP contribution < -0.4 is 5.32 Å². The van der Waals surface area contributed by atoms with Crippen LogP contribution in [0.15, 0.2) is 12.1 Å². The molecule has 0 aromatic carbocycles. The molecule has 172 valence electrons. The van der Waals surface area contributed by atoms with Gasteiger partial charge in [-0.3, -0.25) is 9.59 Å². The maximum Gasteiger partial charge on any atom is 0.433 e. The minimum absolute atomic E-state index is 0.0831. The Morgan fingerprint density at radius 3 is 2.47 bits per heavy atom. The smallest absolute Gasteiger partial charge is 0.384 e. The van der Waals surface area contributed by atoms with Crippen LogP contribution in [-0.2, 0) is 11.0 Å². The molecule has 0 radical (unpaired) electrons. The van der Waals surface area contributed by atoms with Gasteiger partial charge in [-0.2, -0.15) is 18.3 Å². The molecule has 2 aromatic rings. The van der Waals surface area contributed by atoms with Crippen molar-refractivity contribution in [2.75, 3.05) is 32.0 Å². The third kappa shape index (κ3) is 3.49. The number of amides is 2. The van der Waals surface area contributed by atoms with Crippen molar-refractivity contribution in [3.8, 4) is 0 Å². The van der Waals surface area contributed by atoms with Gasteiger partial charge in [0.25, 0.3) is 5.91 Å². The van der Waals surface area contributed by atoms with Gasteiger partial charge in [-0.05, 0) is 55.2 Å². The largest absolute Gasteiger partial charge is 0.433 e. The number of rotatable bonds is 4. The zero-order valence-electron chi connectivity index (χ0n) is 18.1. The zero-order valence-corrected chi connectivity index (χ0v) is 18.1. The van der Waals surface area contributed by atoms with Gasteiger partial charge in [-0.15, -0.1) is 0 Å². The minimum Gasteiger partial charge on any atom is -0.384 e. The van der Waals surface area contributed by atoms with Gasteiger partial charge in [0.05, 0.1) is 11.2 Å². The van der Waals surface area contributed by atoms with E-state index in [1.165, 1.54) is 4.90 Å². The summed E-state index contributed by atoms with van der Waals surface area (Å²) in [4.78, 5) is 29.1. The Labute approximate surface area is 183 Å². The molecule has 2 aliphatic carbocycles. The Balaban J connectivity index is 1.47. The number of pyridine rings is 1. The topological polar surface area (TPSA) is 70.0 Å². The number of halogens is 3. The summed E-state index contributed by atoms with van der Waals surface area (Å²) in [7, 11) is 1.56. The lowest BCUT2D eigenvalue weighted by Crippen LogP contribution is -2.58. The molecule has 0 spiro atoms. The summed E-state index contributed by atoms with van der Waals surface area (Å²) in [6, 6.07) is 3.05. The van der Waals surface area contributed by atoms with Crippen LogP contribution in [0.1, 0.15) is 60.3 Å². The van der Waals surface area contributed by atoms with Gasteiger partial charge in [-0.25, -0.2) is 4.52 Å². The highest BCUT2D eigenvalue weighted by Crippen LogP contribution is 2.43. The molecule has 2 amide bonds. The van der Waals surface area contributed by atoms with Crippen molar-refractivity contribution < 1.29 is 22.8 Å². The maximum atomic E-state index is 13.8. The van der Waals surface area contributed by atoms with Crippen molar-refractivity contribution in [3.63, 3.8) is 0 Å². The molecule has 7 nitrogen and oxygen atoms in total. The van der Waals surface area contributed by atoms with Crippen molar-refractivity contribution in [3.05, 3.63) is 29.1 Å². The number of alkyl halides is 3. The number of carbonyl (C=O) groups excluding carboxylic acids is 2. The number of aromatic nitrogens is 2. The Morgan fingerprint density at radius 1 is 1.19 bits per heavy atom. The fourth-order valence-electron chi connectivity index (χ4n) is 4.93. The first-order chi connectivity index (χ1) is 15.2. The Kier molecular flexibility index (Phi) is 4.86. The third-order valence-corrected chi connectivity index (χ3v) is 6.88. The highest BCUT2D eigenvalue weighted by atomic mass is 19.4. The number of hydrogen-bond donors (Lipinski definition) is 1. The van der Waals surface area contributed by atoms with Gasteiger partial charge in [0.2, 0.25) is 5.91 Å². The van der Waals surface area contributed by atoms with E-state index < -0.39 is 17.8 Å². The number of anilines is 1. The lowest BCUT2D eigenvalue weighted by atomic mass is 9.80. The van der Waals surface area contributed by atoms with Gasteiger partial charge in [0.1, 0.15) is 12.2 Å². The van der Waals surface area contributed by atoms with Gasteiger partial charge in [-0.1, -0.05) is 6.92 Å². The standard InChI is InChI=1S/C22H26F3N5O2/c1-12-7-15(8-12)29-6-5-28(11-18(29)31)21(32)20-19(26-2)16-9-14(13-3-4-13)10-17(22(23,24)25)30(16)27-20/h9-10,12-13,15,26H,3-8,11H2,1-2H3. The second kappa shape index (κ2) is 7.38. The average molecular weight is 449 g/mol. The monoisotopic (exact) mass is 449 g/mol. The van der Waals surface area contributed by atoms with E-state index in [0.29, 0.717) is 24.6 Å². The molecular weight excluding hydrogens is 423 g/mol. The second-order valence-corrected chi connectivity index (χ2v) is 9.26. The van der Waals surface area contributed by atoms with Crippen LogP contribution in [0.2, 0.25) is 0 Å². The van der Waals surface area contributed by atoms with Crippen LogP contribution in [0.4, 0.5) is 18.9 Å². The highest BCUT2D eigenvalue weighted by molar-refractivity contribution is 6.03. The fraction of sp³-hybridized carbons (Fsp3) is 0.591. The summed E-state index contributed by atoms with van der Waals surface area (Å²) in [6.45, 7) is 2.84. The molecule has 2 aromatic heterocycles. The van der Waals surface area contributed by atoms with Crippen LogP contribution in [-0.4, -0.2) is 64.0 Å². The summed E-state index contributed by atoms with van der Waals surface area (Å²) in [5.41, 5.74) is 0.0994. The predicted octanol–water partition coefficient (Wildman–Crippen LogP) is 3.36. The van der Waals surface area contributed by atoms with Crippen molar-refractivity contribution in [2.45, 2.75) is 50.7 Å². The molecule has 2 saturated carbocycles. The van der Waals surface area contributed by atoms with Crippen molar-refractivity contribution >= 4 is 23.0 Å². The van der Waals surface area contributed by atoms with Gasteiger partial charge in [0, 0.05) is 26.2 Å². The molecule has 3 fully saturated rings. The Morgan fingerprint density at radius 2 is 1.91 bits per heavy atom. The van der Waals surface area contributed by atoms with Crippen LogP contribution in [0.5, 0.6) is 0 Å². The van der Waals surface area contributed by atoms with Gasteiger partial charge < -0.3 is 15.1 Å². The number of piperazine rings is 1. The molecule has 32 heavy (non-hydrogen) atoms. The molecule has 0 bridgehead atoms. The maximum absolute atomic E-state index is 13.8. The molecule has 1 aliphatic heterocycles. The first-order valence-electron chi connectivity index (χ1n) is 11.1. The third-order valence-electron chi connectivity index (χ3n) is 6.88. The number of carbonyl (C=O) groups is 2. The normalized spacial score (nSPS) is 24.1. The second-order valence-electron chi connectivity index (χ2n) is 9.26. The SMILES string of the molecule is CNc1c(C(=O)N2CCN(C3CC(C)C3)C(=O)C2)nn2c(C(F)(F)F)cc(C3CC3)cc12. The summed E-state index contributed by atoms with van der Waals surface area (Å²) in [5, 5.41) is 6.95. The van der Waals surface area contributed by atoms with Crippen LogP contribution in [0.3, 0.4) is 0 Å². The quantitative estimate of drug-likeness (QED) is 0.777. The number of fused-ring (bicyclic) bond motifs is 1. The van der Waals surface area contributed by atoms with Crippen molar-refractivity contribution in [2.24, 2.45) is 5.92 Å². The van der Waals surface area contributed by atoms with Crippen molar-refractivity contribution in [1.29, 1.82) is 0 Å².